The molecule has 0 aliphatic heterocycles. The Balaban J connectivity index is 1.61. The smallest absolute Gasteiger partial charge is 0.313 e. The standard InChI is InChI=1S/C16H14ClN5O2/c1-10-4-5-18-7-13(10)21-16(24)15(23)19-6-12-9-22-8-11(17)2-3-14(22)20-12/h2-5,7-9H,6H2,1H3,(H,19,23)(H,21,24). The van der Waals surface area contributed by atoms with Crippen LogP contribution in [0.1, 0.15) is 11.3 Å². The molecule has 0 aromatic carbocycles. The van der Waals surface area contributed by atoms with Crippen molar-refractivity contribution in [1.29, 1.82) is 0 Å². The molecule has 2 N–H and O–H groups in total. The van der Waals surface area contributed by atoms with Crippen LogP contribution >= 0.6 is 11.6 Å². The fourth-order valence-electron chi connectivity index (χ4n) is 2.13. The fourth-order valence-corrected chi connectivity index (χ4v) is 2.30. The Hall–Kier alpha value is -2.93. The zero-order chi connectivity index (χ0) is 17.1. The van der Waals surface area contributed by atoms with E-state index in [-0.39, 0.29) is 6.54 Å². The number of pyridine rings is 2. The van der Waals surface area contributed by atoms with E-state index in [0.29, 0.717) is 22.1 Å². The van der Waals surface area contributed by atoms with Gasteiger partial charge in [-0.15, -0.1) is 0 Å². The highest BCUT2D eigenvalue weighted by molar-refractivity contribution is 6.39. The van der Waals surface area contributed by atoms with Crippen LogP contribution in [0, 0.1) is 6.92 Å². The summed E-state index contributed by atoms with van der Waals surface area (Å²) < 4.78 is 1.75. The first-order valence-electron chi connectivity index (χ1n) is 7.16. The quantitative estimate of drug-likeness (QED) is 0.711. The van der Waals surface area contributed by atoms with E-state index in [2.05, 4.69) is 20.6 Å². The minimum absolute atomic E-state index is 0.136. The van der Waals surface area contributed by atoms with Gasteiger partial charge in [-0.25, -0.2) is 4.98 Å². The van der Waals surface area contributed by atoms with Crippen LogP contribution in [-0.4, -0.2) is 26.2 Å². The zero-order valence-electron chi connectivity index (χ0n) is 12.8. The molecule has 0 bridgehead atoms. The van der Waals surface area contributed by atoms with Crippen LogP contribution in [0.4, 0.5) is 5.69 Å². The summed E-state index contributed by atoms with van der Waals surface area (Å²) in [5, 5.41) is 5.64. The number of nitrogens with one attached hydrogen (secondary N) is 2. The Labute approximate surface area is 142 Å². The molecule has 24 heavy (non-hydrogen) atoms. The van der Waals surface area contributed by atoms with Gasteiger partial charge in [-0.2, -0.15) is 0 Å². The van der Waals surface area contributed by atoms with Gasteiger partial charge in [0.15, 0.2) is 0 Å². The monoisotopic (exact) mass is 343 g/mol. The van der Waals surface area contributed by atoms with Crippen molar-refractivity contribution in [2.24, 2.45) is 0 Å². The van der Waals surface area contributed by atoms with E-state index < -0.39 is 11.8 Å². The number of rotatable bonds is 3. The molecule has 0 fully saturated rings. The first-order chi connectivity index (χ1) is 11.5. The summed E-state index contributed by atoms with van der Waals surface area (Å²) in [6.45, 7) is 1.95. The molecule has 0 saturated heterocycles. The van der Waals surface area contributed by atoms with Crippen LogP contribution in [0.25, 0.3) is 5.65 Å². The topological polar surface area (TPSA) is 88.4 Å². The molecule has 0 radical (unpaired) electrons. The maximum absolute atomic E-state index is 11.9. The molecule has 0 saturated carbocycles. The molecule has 3 heterocycles. The molecule has 3 aromatic heterocycles. The number of hydrogen-bond donors (Lipinski definition) is 2. The fraction of sp³-hybridized carbons (Fsp3) is 0.125. The lowest BCUT2D eigenvalue weighted by atomic mass is 10.2. The van der Waals surface area contributed by atoms with E-state index >= 15 is 0 Å². The maximum Gasteiger partial charge on any atom is 0.313 e. The van der Waals surface area contributed by atoms with Gasteiger partial charge in [0.2, 0.25) is 0 Å². The minimum Gasteiger partial charge on any atom is -0.342 e. The number of anilines is 1. The van der Waals surface area contributed by atoms with E-state index in [9.17, 15) is 9.59 Å². The second-order valence-electron chi connectivity index (χ2n) is 5.17. The number of imidazole rings is 1. The maximum atomic E-state index is 11.9. The van der Waals surface area contributed by atoms with Gasteiger partial charge in [0.1, 0.15) is 5.65 Å². The van der Waals surface area contributed by atoms with Gasteiger partial charge in [0, 0.05) is 18.6 Å². The molecule has 122 valence electrons. The average molecular weight is 344 g/mol. The van der Waals surface area contributed by atoms with Crippen LogP contribution in [0.15, 0.2) is 43.0 Å². The Kier molecular flexibility index (Phi) is 4.43. The van der Waals surface area contributed by atoms with Crippen molar-refractivity contribution in [3.63, 3.8) is 0 Å². The Bertz CT molecular complexity index is 922. The van der Waals surface area contributed by atoms with Crippen LogP contribution in [0.3, 0.4) is 0 Å². The van der Waals surface area contributed by atoms with Crippen LogP contribution < -0.4 is 10.6 Å². The summed E-state index contributed by atoms with van der Waals surface area (Å²) in [7, 11) is 0. The Morgan fingerprint density at radius 2 is 2.04 bits per heavy atom. The largest absolute Gasteiger partial charge is 0.342 e. The molecule has 3 aromatic rings. The zero-order valence-corrected chi connectivity index (χ0v) is 13.5. The van der Waals surface area contributed by atoms with Crippen molar-refractivity contribution in [3.8, 4) is 0 Å². The van der Waals surface area contributed by atoms with E-state index in [1.54, 1.807) is 41.2 Å². The second-order valence-corrected chi connectivity index (χ2v) is 5.61. The molecule has 0 aliphatic carbocycles. The number of halogens is 1. The first-order valence-corrected chi connectivity index (χ1v) is 7.53. The van der Waals surface area contributed by atoms with Gasteiger partial charge in [-0.1, -0.05) is 11.6 Å². The number of nitrogens with zero attached hydrogens (tertiary/aromatic N) is 3. The highest BCUT2D eigenvalue weighted by Crippen LogP contribution is 2.12. The predicted octanol–water partition coefficient (Wildman–Crippen LogP) is 1.95. The van der Waals surface area contributed by atoms with Crippen molar-refractivity contribution >= 4 is 34.7 Å². The van der Waals surface area contributed by atoms with E-state index in [0.717, 1.165) is 5.56 Å². The lowest BCUT2D eigenvalue weighted by Crippen LogP contribution is -2.35. The van der Waals surface area contributed by atoms with Crippen molar-refractivity contribution in [2.45, 2.75) is 13.5 Å². The third-order valence-electron chi connectivity index (χ3n) is 3.39. The van der Waals surface area contributed by atoms with E-state index in [1.165, 1.54) is 6.20 Å². The highest BCUT2D eigenvalue weighted by atomic mass is 35.5. The molecule has 0 spiro atoms. The van der Waals surface area contributed by atoms with Gasteiger partial charge in [0.25, 0.3) is 0 Å². The number of aromatic nitrogens is 3. The molecule has 0 aliphatic rings. The van der Waals surface area contributed by atoms with Crippen molar-refractivity contribution in [3.05, 3.63) is 59.3 Å². The minimum atomic E-state index is -0.752. The van der Waals surface area contributed by atoms with Gasteiger partial charge < -0.3 is 15.0 Å². The molecule has 2 amide bonds. The van der Waals surface area contributed by atoms with Crippen LogP contribution in [0.2, 0.25) is 5.02 Å². The lowest BCUT2D eigenvalue weighted by Gasteiger charge is -2.07. The average Bonchev–Trinajstić information content (AvgIpc) is 2.96. The lowest BCUT2D eigenvalue weighted by molar-refractivity contribution is -0.136. The number of amides is 2. The summed E-state index contributed by atoms with van der Waals surface area (Å²) in [4.78, 5) is 32.1. The molecule has 0 atom stereocenters. The SMILES string of the molecule is Cc1ccncc1NC(=O)C(=O)NCc1cn2cc(Cl)ccc2n1. The van der Waals surface area contributed by atoms with Gasteiger partial charge in [0.05, 0.1) is 29.1 Å². The molecular weight excluding hydrogens is 330 g/mol. The normalized spacial score (nSPS) is 10.6. The number of hydrogen-bond acceptors (Lipinski definition) is 4. The summed E-state index contributed by atoms with van der Waals surface area (Å²) in [5.74, 6) is -1.49. The van der Waals surface area contributed by atoms with Gasteiger partial charge in [-0.05, 0) is 30.7 Å². The number of aryl methyl sites for hydroxylation is 1. The number of carbonyl (C=O) groups excluding carboxylic acids is 2. The molecule has 3 rings (SSSR count). The predicted molar refractivity (Wildman–Crippen MR) is 89.7 cm³/mol. The second kappa shape index (κ2) is 6.67. The van der Waals surface area contributed by atoms with Gasteiger partial charge in [-0.3, -0.25) is 14.6 Å². The summed E-state index contributed by atoms with van der Waals surface area (Å²) in [6.07, 6.45) is 6.56. The third kappa shape index (κ3) is 3.52. The summed E-state index contributed by atoms with van der Waals surface area (Å²) in [5.41, 5.74) is 2.65. The first kappa shape index (κ1) is 15.9. The van der Waals surface area contributed by atoms with Crippen molar-refractivity contribution in [2.75, 3.05) is 5.32 Å². The van der Waals surface area contributed by atoms with Crippen LogP contribution in [-0.2, 0) is 16.1 Å². The Morgan fingerprint density at radius 1 is 1.21 bits per heavy atom. The van der Waals surface area contributed by atoms with E-state index in [1.807, 2.05) is 6.92 Å². The summed E-state index contributed by atoms with van der Waals surface area (Å²) >= 11 is 5.91. The van der Waals surface area contributed by atoms with E-state index in [4.69, 9.17) is 11.6 Å². The molecular formula is C16H14ClN5O2. The summed E-state index contributed by atoms with van der Waals surface area (Å²) in [6, 6.07) is 5.25. The molecule has 8 heteroatoms. The van der Waals surface area contributed by atoms with Crippen molar-refractivity contribution in [1.82, 2.24) is 19.7 Å². The molecule has 7 nitrogen and oxygen atoms in total. The number of fused-ring (bicyclic) bond motifs is 1. The van der Waals surface area contributed by atoms with Crippen molar-refractivity contribution < 1.29 is 9.59 Å². The molecule has 0 unspecified atom stereocenters. The highest BCUT2D eigenvalue weighted by Gasteiger charge is 2.15. The number of carbonyl (C=O) groups is 2. The Morgan fingerprint density at radius 3 is 2.83 bits per heavy atom. The third-order valence-corrected chi connectivity index (χ3v) is 3.61. The van der Waals surface area contributed by atoms with Gasteiger partial charge >= 0.3 is 11.8 Å². The van der Waals surface area contributed by atoms with Crippen LogP contribution in [0.5, 0.6) is 0 Å².